The van der Waals surface area contributed by atoms with Crippen LogP contribution in [0.4, 0.5) is 4.39 Å². The highest BCUT2D eigenvalue weighted by atomic mass is 127. The fraction of sp³-hybridized carbons (Fsp3) is 0.588. The number of nitrogens with zero attached hydrogens (tertiary/aromatic N) is 1. The maximum absolute atomic E-state index is 13.2. The van der Waals surface area contributed by atoms with Crippen LogP contribution in [0.25, 0.3) is 0 Å². The summed E-state index contributed by atoms with van der Waals surface area (Å²) in [6, 6.07) is 4.39. The third-order valence-electron chi connectivity index (χ3n) is 3.51. The molecule has 4 heteroatoms. The van der Waals surface area contributed by atoms with Crippen LogP contribution in [0.15, 0.2) is 18.2 Å². The Bertz CT molecular complexity index is 440. The first-order valence-electron chi connectivity index (χ1n) is 7.84. The molecule has 1 amide bonds. The van der Waals surface area contributed by atoms with Crippen molar-refractivity contribution in [2.75, 3.05) is 13.1 Å². The minimum absolute atomic E-state index is 0.0339. The number of carbonyl (C=O) groups excluding carboxylic acids is 1. The minimum atomic E-state index is -0.292. The van der Waals surface area contributed by atoms with E-state index in [1.807, 2.05) is 27.5 Å². The van der Waals surface area contributed by atoms with Gasteiger partial charge in [0.1, 0.15) is 5.82 Å². The highest BCUT2D eigenvalue weighted by Gasteiger charge is 2.17. The van der Waals surface area contributed by atoms with Crippen LogP contribution < -0.4 is 0 Å². The second-order valence-corrected chi connectivity index (χ2v) is 6.49. The van der Waals surface area contributed by atoms with Gasteiger partial charge in [-0.25, -0.2) is 4.39 Å². The van der Waals surface area contributed by atoms with Crippen LogP contribution in [0.5, 0.6) is 0 Å². The SMILES string of the molecule is CCCCCN(CCCCC)C(=O)c1ccc(F)cc1I. The highest BCUT2D eigenvalue weighted by molar-refractivity contribution is 14.1. The van der Waals surface area contributed by atoms with Crippen molar-refractivity contribution in [2.45, 2.75) is 52.4 Å². The number of unbranched alkanes of at least 4 members (excludes halogenated alkanes) is 4. The zero-order valence-corrected chi connectivity index (χ0v) is 15.2. The summed E-state index contributed by atoms with van der Waals surface area (Å²) in [5.41, 5.74) is 0.616. The Balaban J connectivity index is 2.76. The highest BCUT2D eigenvalue weighted by Crippen LogP contribution is 2.17. The molecule has 0 aromatic heterocycles. The number of carbonyl (C=O) groups is 1. The molecule has 2 nitrogen and oxygen atoms in total. The summed E-state index contributed by atoms with van der Waals surface area (Å²) in [6.45, 7) is 5.91. The summed E-state index contributed by atoms with van der Waals surface area (Å²) < 4.78 is 13.9. The first kappa shape index (κ1) is 18.4. The summed E-state index contributed by atoms with van der Waals surface area (Å²) in [5.74, 6) is -0.258. The molecule has 1 rings (SSSR count). The van der Waals surface area contributed by atoms with Gasteiger partial charge in [-0.3, -0.25) is 4.79 Å². The van der Waals surface area contributed by atoms with Crippen molar-refractivity contribution in [3.63, 3.8) is 0 Å². The summed E-state index contributed by atoms with van der Waals surface area (Å²) in [4.78, 5) is 14.6. The average Bonchev–Trinajstić information content (AvgIpc) is 2.45. The second-order valence-electron chi connectivity index (χ2n) is 5.33. The first-order chi connectivity index (χ1) is 10.1. The molecular formula is C17H25FINO. The molecule has 0 aliphatic rings. The van der Waals surface area contributed by atoms with Crippen LogP contribution in [0.3, 0.4) is 0 Å². The summed E-state index contributed by atoms with van der Waals surface area (Å²) in [6.07, 6.45) is 6.63. The molecule has 0 heterocycles. The number of hydrogen-bond acceptors (Lipinski definition) is 1. The fourth-order valence-corrected chi connectivity index (χ4v) is 2.96. The third kappa shape index (κ3) is 6.32. The zero-order valence-electron chi connectivity index (χ0n) is 13.0. The minimum Gasteiger partial charge on any atom is -0.339 e. The van der Waals surface area contributed by atoms with Crippen molar-refractivity contribution >= 4 is 28.5 Å². The average molecular weight is 405 g/mol. The van der Waals surface area contributed by atoms with Crippen LogP contribution in [0, 0.1) is 9.39 Å². The Morgan fingerprint density at radius 3 is 2.14 bits per heavy atom. The maximum atomic E-state index is 13.2. The Morgan fingerprint density at radius 1 is 1.10 bits per heavy atom. The van der Waals surface area contributed by atoms with E-state index in [1.165, 1.54) is 12.1 Å². The van der Waals surface area contributed by atoms with Gasteiger partial charge >= 0.3 is 0 Å². The summed E-state index contributed by atoms with van der Waals surface area (Å²) in [7, 11) is 0. The van der Waals surface area contributed by atoms with Crippen molar-refractivity contribution < 1.29 is 9.18 Å². The van der Waals surface area contributed by atoms with Crippen molar-refractivity contribution in [3.8, 4) is 0 Å². The van der Waals surface area contributed by atoms with E-state index < -0.39 is 0 Å². The third-order valence-corrected chi connectivity index (χ3v) is 4.40. The van der Waals surface area contributed by atoms with Gasteiger partial charge in [-0.1, -0.05) is 39.5 Å². The molecular weight excluding hydrogens is 380 g/mol. The van der Waals surface area contributed by atoms with Gasteiger partial charge in [-0.05, 0) is 53.6 Å². The van der Waals surface area contributed by atoms with Crippen molar-refractivity contribution in [2.24, 2.45) is 0 Å². The van der Waals surface area contributed by atoms with E-state index in [9.17, 15) is 9.18 Å². The first-order valence-corrected chi connectivity index (χ1v) is 8.92. The predicted octanol–water partition coefficient (Wildman–Crippen LogP) is 5.25. The van der Waals surface area contributed by atoms with Crippen molar-refractivity contribution in [1.29, 1.82) is 0 Å². The van der Waals surface area contributed by atoms with Gasteiger partial charge in [0.15, 0.2) is 0 Å². The Labute approximate surface area is 141 Å². The lowest BCUT2D eigenvalue weighted by Crippen LogP contribution is -2.33. The predicted molar refractivity (Wildman–Crippen MR) is 94.1 cm³/mol. The van der Waals surface area contributed by atoms with Gasteiger partial charge in [-0.2, -0.15) is 0 Å². The molecule has 0 aliphatic heterocycles. The fourth-order valence-electron chi connectivity index (χ4n) is 2.25. The lowest BCUT2D eigenvalue weighted by molar-refractivity contribution is 0.0748. The molecule has 0 atom stereocenters. The molecule has 1 aromatic carbocycles. The van der Waals surface area contributed by atoms with Crippen LogP contribution in [0.2, 0.25) is 0 Å². The smallest absolute Gasteiger partial charge is 0.254 e. The number of amides is 1. The van der Waals surface area contributed by atoms with E-state index in [-0.39, 0.29) is 11.7 Å². The maximum Gasteiger partial charge on any atom is 0.254 e. The van der Waals surface area contributed by atoms with E-state index in [0.29, 0.717) is 9.13 Å². The molecule has 0 N–H and O–H groups in total. The van der Waals surface area contributed by atoms with Crippen LogP contribution >= 0.6 is 22.6 Å². The van der Waals surface area contributed by atoms with Gasteiger partial charge in [-0.15, -0.1) is 0 Å². The lowest BCUT2D eigenvalue weighted by atomic mass is 10.1. The molecule has 0 aliphatic carbocycles. The molecule has 0 unspecified atom stereocenters. The Kier molecular flexibility index (Phi) is 8.88. The standard InChI is InChI=1S/C17H25FINO/c1-3-5-7-11-20(12-8-6-4-2)17(21)15-10-9-14(18)13-16(15)19/h9-10,13H,3-8,11-12H2,1-2H3. The van der Waals surface area contributed by atoms with Crippen molar-refractivity contribution in [1.82, 2.24) is 4.90 Å². The number of benzene rings is 1. The quantitative estimate of drug-likeness (QED) is 0.406. The Hall–Kier alpha value is -0.650. The van der Waals surface area contributed by atoms with Crippen LogP contribution in [0.1, 0.15) is 62.7 Å². The molecule has 21 heavy (non-hydrogen) atoms. The molecule has 0 radical (unpaired) electrons. The van der Waals surface area contributed by atoms with Gasteiger partial charge in [0.05, 0.1) is 5.56 Å². The topological polar surface area (TPSA) is 20.3 Å². The van der Waals surface area contributed by atoms with Gasteiger partial charge in [0.25, 0.3) is 5.91 Å². The van der Waals surface area contributed by atoms with E-state index in [1.54, 1.807) is 6.07 Å². The van der Waals surface area contributed by atoms with E-state index in [4.69, 9.17) is 0 Å². The molecule has 0 fully saturated rings. The Morgan fingerprint density at radius 2 is 1.67 bits per heavy atom. The van der Waals surface area contributed by atoms with Crippen LogP contribution in [-0.4, -0.2) is 23.9 Å². The number of rotatable bonds is 9. The van der Waals surface area contributed by atoms with E-state index in [0.717, 1.165) is 51.6 Å². The molecule has 118 valence electrons. The summed E-state index contributed by atoms with van der Waals surface area (Å²) >= 11 is 2.04. The largest absolute Gasteiger partial charge is 0.339 e. The van der Waals surface area contributed by atoms with E-state index >= 15 is 0 Å². The van der Waals surface area contributed by atoms with E-state index in [2.05, 4.69) is 13.8 Å². The van der Waals surface area contributed by atoms with Crippen LogP contribution in [-0.2, 0) is 0 Å². The lowest BCUT2D eigenvalue weighted by Gasteiger charge is -2.23. The molecule has 1 aromatic rings. The number of hydrogen-bond donors (Lipinski definition) is 0. The zero-order chi connectivity index (χ0) is 15.7. The van der Waals surface area contributed by atoms with Gasteiger partial charge < -0.3 is 4.90 Å². The molecule has 0 bridgehead atoms. The molecule has 0 saturated carbocycles. The number of halogens is 2. The normalized spacial score (nSPS) is 10.7. The second kappa shape index (κ2) is 10.1. The van der Waals surface area contributed by atoms with Gasteiger partial charge in [0, 0.05) is 16.7 Å². The van der Waals surface area contributed by atoms with Crippen molar-refractivity contribution in [3.05, 3.63) is 33.1 Å². The van der Waals surface area contributed by atoms with Gasteiger partial charge in [0.2, 0.25) is 0 Å². The molecule has 0 spiro atoms. The monoisotopic (exact) mass is 405 g/mol. The molecule has 0 saturated heterocycles. The summed E-state index contributed by atoms with van der Waals surface area (Å²) in [5, 5.41) is 0.